The Morgan fingerprint density at radius 2 is 2.00 bits per heavy atom. The normalized spacial score (nSPS) is 11.4. The number of primary amides is 1. The third-order valence-corrected chi connectivity index (χ3v) is 5.66. The second-order valence-electron chi connectivity index (χ2n) is 3.83. The number of carbonyl (C=O) groups is 1. The molecule has 1 aromatic carbocycles. The number of nitrogens with one attached hydrogen (secondary N) is 1. The zero-order chi connectivity index (χ0) is 15.8. The number of halogens is 3. The van der Waals surface area contributed by atoms with Gasteiger partial charge in [0.2, 0.25) is 0 Å². The topological polar surface area (TPSA) is 89.3 Å². The Morgan fingerprint density at radius 1 is 1.33 bits per heavy atom. The molecular weight excluding hydrogens is 390 g/mol. The van der Waals surface area contributed by atoms with Gasteiger partial charge in [-0.2, -0.15) is 0 Å². The first-order chi connectivity index (χ1) is 9.72. The van der Waals surface area contributed by atoms with Gasteiger partial charge in [0.15, 0.2) is 0 Å². The first-order valence-electron chi connectivity index (χ1n) is 5.27. The van der Waals surface area contributed by atoms with Gasteiger partial charge in [0, 0.05) is 10.5 Å². The summed E-state index contributed by atoms with van der Waals surface area (Å²) in [6.45, 7) is 0. The highest BCUT2D eigenvalue weighted by Gasteiger charge is 2.25. The van der Waals surface area contributed by atoms with Crippen molar-refractivity contribution in [2.75, 3.05) is 4.72 Å². The number of rotatable bonds is 4. The molecule has 0 aliphatic heterocycles. The summed E-state index contributed by atoms with van der Waals surface area (Å²) < 4.78 is 52.9. The minimum Gasteiger partial charge on any atom is -0.366 e. The Bertz CT molecular complexity index is 798. The van der Waals surface area contributed by atoms with Crippen LogP contribution in [0.5, 0.6) is 0 Å². The predicted molar refractivity (Wildman–Crippen MR) is 77.7 cm³/mol. The van der Waals surface area contributed by atoms with Gasteiger partial charge < -0.3 is 5.73 Å². The molecule has 1 amide bonds. The van der Waals surface area contributed by atoms with E-state index in [1.54, 1.807) is 0 Å². The first-order valence-corrected chi connectivity index (χ1v) is 8.42. The third-order valence-electron chi connectivity index (χ3n) is 2.39. The maximum absolute atomic E-state index is 13.7. The van der Waals surface area contributed by atoms with E-state index < -0.39 is 32.5 Å². The summed E-state index contributed by atoms with van der Waals surface area (Å²) in [4.78, 5) is 10.4. The van der Waals surface area contributed by atoms with Gasteiger partial charge in [-0.05, 0) is 33.4 Å². The van der Waals surface area contributed by atoms with Crippen molar-refractivity contribution in [1.82, 2.24) is 0 Å². The van der Waals surface area contributed by atoms with E-state index in [1.807, 2.05) is 0 Å². The lowest BCUT2D eigenvalue weighted by Gasteiger charge is -2.10. The van der Waals surface area contributed by atoms with Crippen molar-refractivity contribution in [3.63, 3.8) is 0 Å². The number of anilines is 1. The average Bonchev–Trinajstić information content (AvgIpc) is 2.73. The molecule has 0 fully saturated rings. The fraction of sp³-hybridized carbons (Fsp3) is 0. The highest BCUT2D eigenvalue weighted by Crippen LogP contribution is 2.30. The fourth-order valence-electron chi connectivity index (χ4n) is 1.54. The molecule has 0 saturated carbocycles. The van der Waals surface area contributed by atoms with Crippen molar-refractivity contribution in [1.29, 1.82) is 0 Å². The molecule has 21 heavy (non-hydrogen) atoms. The molecule has 1 aromatic heterocycles. The molecule has 0 spiro atoms. The van der Waals surface area contributed by atoms with Gasteiger partial charge in [-0.15, -0.1) is 11.3 Å². The van der Waals surface area contributed by atoms with Crippen LogP contribution in [-0.4, -0.2) is 14.3 Å². The van der Waals surface area contributed by atoms with Crippen LogP contribution in [-0.2, 0) is 10.0 Å². The number of carbonyl (C=O) groups excluding carboxylic acids is 1. The highest BCUT2D eigenvalue weighted by molar-refractivity contribution is 9.10. The van der Waals surface area contributed by atoms with E-state index in [0.717, 1.165) is 17.4 Å². The van der Waals surface area contributed by atoms with Gasteiger partial charge in [-0.25, -0.2) is 17.2 Å². The number of nitrogens with two attached hydrogens (primary N) is 1. The first kappa shape index (κ1) is 15.9. The van der Waals surface area contributed by atoms with Crippen molar-refractivity contribution < 1.29 is 22.0 Å². The van der Waals surface area contributed by atoms with Crippen molar-refractivity contribution in [2.45, 2.75) is 4.90 Å². The Hall–Kier alpha value is -1.52. The number of benzene rings is 1. The van der Waals surface area contributed by atoms with E-state index in [1.165, 1.54) is 11.4 Å². The van der Waals surface area contributed by atoms with Crippen molar-refractivity contribution in [3.8, 4) is 0 Å². The second kappa shape index (κ2) is 5.70. The summed E-state index contributed by atoms with van der Waals surface area (Å²) in [5.74, 6) is -3.01. The Labute approximate surface area is 131 Å². The van der Waals surface area contributed by atoms with Crippen molar-refractivity contribution >= 4 is 48.2 Å². The Balaban J connectivity index is 2.49. The molecule has 10 heteroatoms. The number of thiophene rings is 1. The lowest BCUT2D eigenvalue weighted by molar-refractivity contribution is 0.100. The number of hydrogen-bond donors (Lipinski definition) is 2. The standard InChI is InChI=1S/C11H7BrF2N2O3S2/c12-7-3-5(13)4-8(14)9(7)21(18,19)16-11-6(10(15)17)1-2-20-11/h1-4,16H,(H2,15,17). The number of amides is 1. The van der Waals surface area contributed by atoms with Gasteiger partial charge in [0.05, 0.1) is 5.56 Å². The van der Waals surface area contributed by atoms with E-state index in [-0.39, 0.29) is 15.0 Å². The molecule has 112 valence electrons. The van der Waals surface area contributed by atoms with Crippen LogP contribution in [0, 0.1) is 11.6 Å². The summed E-state index contributed by atoms with van der Waals surface area (Å²) >= 11 is 3.71. The summed E-state index contributed by atoms with van der Waals surface area (Å²) in [5, 5.41) is 1.41. The van der Waals surface area contributed by atoms with Crippen LogP contribution in [0.3, 0.4) is 0 Å². The SMILES string of the molecule is NC(=O)c1ccsc1NS(=O)(=O)c1c(F)cc(F)cc1Br. The lowest BCUT2D eigenvalue weighted by Crippen LogP contribution is -2.18. The van der Waals surface area contributed by atoms with Crippen LogP contribution in [0.15, 0.2) is 32.9 Å². The van der Waals surface area contributed by atoms with Crippen LogP contribution in [0.25, 0.3) is 0 Å². The maximum atomic E-state index is 13.7. The Kier molecular flexibility index (Phi) is 4.30. The molecule has 0 unspecified atom stereocenters. The smallest absolute Gasteiger partial charge is 0.266 e. The average molecular weight is 397 g/mol. The van der Waals surface area contributed by atoms with Gasteiger partial charge in [0.1, 0.15) is 21.5 Å². The van der Waals surface area contributed by atoms with E-state index >= 15 is 0 Å². The molecule has 2 aromatic rings. The van der Waals surface area contributed by atoms with Crippen molar-refractivity contribution in [2.24, 2.45) is 5.73 Å². The van der Waals surface area contributed by atoms with Crippen LogP contribution in [0.2, 0.25) is 0 Å². The number of hydrogen-bond acceptors (Lipinski definition) is 4. The maximum Gasteiger partial charge on any atom is 0.266 e. The largest absolute Gasteiger partial charge is 0.366 e. The molecule has 0 bridgehead atoms. The molecule has 0 radical (unpaired) electrons. The summed E-state index contributed by atoms with van der Waals surface area (Å²) in [7, 11) is -4.35. The van der Waals surface area contributed by atoms with Gasteiger partial charge in [-0.1, -0.05) is 0 Å². The van der Waals surface area contributed by atoms with Crippen molar-refractivity contribution in [3.05, 3.63) is 45.2 Å². The molecule has 3 N–H and O–H groups in total. The molecular formula is C11H7BrF2N2O3S2. The van der Waals surface area contributed by atoms with Gasteiger partial charge in [0.25, 0.3) is 15.9 Å². The quantitative estimate of drug-likeness (QED) is 0.832. The van der Waals surface area contributed by atoms with E-state index in [2.05, 4.69) is 20.7 Å². The molecule has 0 saturated heterocycles. The molecule has 5 nitrogen and oxygen atoms in total. The fourth-order valence-corrected chi connectivity index (χ4v) is 4.83. The van der Waals surface area contributed by atoms with E-state index in [9.17, 15) is 22.0 Å². The molecule has 0 aliphatic rings. The highest BCUT2D eigenvalue weighted by atomic mass is 79.9. The summed E-state index contributed by atoms with van der Waals surface area (Å²) in [5.41, 5.74) is 5.06. The zero-order valence-corrected chi connectivity index (χ0v) is 13.3. The summed E-state index contributed by atoms with van der Waals surface area (Å²) in [6, 6.07) is 2.60. The monoisotopic (exact) mass is 396 g/mol. The van der Waals surface area contributed by atoms with Crippen LogP contribution in [0.4, 0.5) is 13.8 Å². The third kappa shape index (κ3) is 3.22. The molecule has 1 heterocycles. The molecule has 2 rings (SSSR count). The second-order valence-corrected chi connectivity index (χ2v) is 7.22. The van der Waals surface area contributed by atoms with Crippen LogP contribution >= 0.6 is 27.3 Å². The van der Waals surface area contributed by atoms with Crippen LogP contribution < -0.4 is 10.5 Å². The zero-order valence-electron chi connectivity index (χ0n) is 10.1. The minimum atomic E-state index is -4.35. The van der Waals surface area contributed by atoms with Crippen LogP contribution in [0.1, 0.15) is 10.4 Å². The van der Waals surface area contributed by atoms with E-state index in [0.29, 0.717) is 6.07 Å². The lowest BCUT2D eigenvalue weighted by atomic mass is 10.3. The molecule has 0 aliphatic carbocycles. The van der Waals surface area contributed by atoms with Gasteiger partial charge >= 0.3 is 0 Å². The predicted octanol–water partition coefficient (Wildman–Crippen LogP) is 2.69. The molecule has 0 atom stereocenters. The van der Waals surface area contributed by atoms with Gasteiger partial charge in [-0.3, -0.25) is 9.52 Å². The summed E-state index contributed by atoms with van der Waals surface area (Å²) in [6.07, 6.45) is 0. The van der Waals surface area contributed by atoms with E-state index in [4.69, 9.17) is 5.73 Å². The Morgan fingerprint density at radius 3 is 2.57 bits per heavy atom. The minimum absolute atomic E-state index is 0.0396. The number of sulfonamides is 1.